The second-order valence-electron chi connectivity index (χ2n) is 9.41. The fourth-order valence-corrected chi connectivity index (χ4v) is 6.44. The Hall–Kier alpha value is -1.10. The van der Waals surface area contributed by atoms with Gasteiger partial charge in [-0.2, -0.15) is 0 Å². The van der Waals surface area contributed by atoms with Gasteiger partial charge in [-0.05, 0) is 75.5 Å². The molecule has 25 heavy (non-hydrogen) atoms. The molecular formula is C20H32N2O3. The van der Waals surface area contributed by atoms with E-state index in [1.165, 1.54) is 38.5 Å². The van der Waals surface area contributed by atoms with Crippen molar-refractivity contribution in [1.82, 2.24) is 10.2 Å². The van der Waals surface area contributed by atoms with Crippen molar-refractivity contribution >= 4 is 11.8 Å². The summed E-state index contributed by atoms with van der Waals surface area (Å²) in [5.41, 5.74) is 0.239. The van der Waals surface area contributed by atoms with Gasteiger partial charge in [0.1, 0.15) is 0 Å². The van der Waals surface area contributed by atoms with Crippen LogP contribution in [0.1, 0.15) is 58.8 Å². The van der Waals surface area contributed by atoms with Crippen LogP contribution < -0.4 is 5.32 Å². The summed E-state index contributed by atoms with van der Waals surface area (Å²) in [5.74, 6) is 2.66. The Kier molecular flexibility index (Phi) is 4.55. The molecule has 0 aromatic heterocycles. The number of nitrogens with zero attached hydrogens (tertiary/aromatic N) is 1. The van der Waals surface area contributed by atoms with Gasteiger partial charge in [-0.1, -0.05) is 0 Å². The van der Waals surface area contributed by atoms with Crippen LogP contribution in [0.3, 0.4) is 0 Å². The SMILES string of the molecule is CC1CN(C(=O)CNC(=O)CC23CC4CC(CC(C4)C2)C3)C(C)CO1. The smallest absolute Gasteiger partial charge is 0.242 e. The Labute approximate surface area is 150 Å². The van der Waals surface area contributed by atoms with E-state index in [-0.39, 0.29) is 35.9 Å². The van der Waals surface area contributed by atoms with Crippen molar-refractivity contribution in [3.05, 3.63) is 0 Å². The summed E-state index contributed by atoms with van der Waals surface area (Å²) in [6, 6.07) is 0.0868. The van der Waals surface area contributed by atoms with Gasteiger partial charge in [-0.15, -0.1) is 0 Å². The second-order valence-corrected chi connectivity index (χ2v) is 9.41. The second kappa shape index (κ2) is 6.57. The van der Waals surface area contributed by atoms with Crippen molar-refractivity contribution in [1.29, 1.82) is 0 Å². The molecule has 5 nitrogen and oxygen atoms in total. The molecule has 4 saturated carbocycles. The molecule has 0 aromatic rings. The lowest BCUT2D eigenvalue weighted by atomic mass is 9.49. The molecule has 4 aliphatic carbocycles. The lowest BCUT2D eigenvalue weighted by molar-refractivity contribution is -0.144. The molecule has 2 unspecified atom stereocenters. The molecule has 0 spiro atoms. The lowest BCUT2D eigenvalue weighted by Gasteiger charge is -2.56. The Bertz CT molecular complexity index is 512. The van der Waals surface area contributed by atoms with Crippen molar-refractivity contribution in [2.45, 2.75) is 70.9 Å². The highest BCUT2D eigenvalue weighted by Crippen LogP contribution is 2.61. The number of nitrogens with one attached hydrogen (secondary N) is 1. The minimum Gasteiger partial charge on any atom is -0.375 e. The van der Waals surface area contributed by atoms with Crippen LogP contribution >= 0.6 is 0 Å². The van der Waals surface area contributed by atoms with Crippen LogP contribution in [0.15, 0.2) is 0 Å². The molecule has 0 aromatic carbocycles. The number of morpholine rings is 1. The average molecular weight is 348 g/mol. The number of rotatable bonds is 4. The van der Waals surface area contributed by atoms with Gasteiger partial charge in [0.25, 0.3) is 0 Å². The van der Waals surface area contributed by atoms with Crippen molar-refractivity contribution in [2.75, 3.05) is 19.7 Å². The van der Waals surface area contributed by atoms with Crippen LogP contribution in [0.5, 0.6) is 0 Å². The van der Waals surface area contributed by atoms with E-state index in [2.05, 4.69) is 5.32 Å². The van der Waals surface area contributed by atoms with Gasteiger partial charge in [-0.25, -0.2) is 0 Å². The van der Waals surface area contributed by atoms with Crippen LogP contribution in [-0.4, -0.2) is 48.6 Å². The highest BCUT2D eigenvalue weighted by Gasteiger charge is 2.51. The predicted molar refractivity (Wildman–Crippen MR) is 94.8 cm³/mol. The normalized spacial score (nSPS) is 42.5. The van der Waals surface area contributed by atoms with Crippen molar-refractivity contribution in [2.24, 2.45) is 23.2 Å². The fraction of sp³-hybridized carbons (Fsp3) is 0.900. The van der Waals surface area contributed by atoms with Gasteiger partial charge >= 0.3 is 0 Å². The van der Waals surface area contributed by atoms with Crippen LogP contribution in [-0.2, 0) is 14.3 Å². The maximum atomic E-state index is 12.6. The standard InChI is InChI=1S/C20H32N2O3/c1-13-12-25-14(2)11-22(13)19(24)10-21-18(23)9-20-6-15-3-16(7-20)5-17(4-15)8-20/h13-17H,3-12H2,1-2H3,(H,21,23). The molecule has 0 radical (unpaired) electrons. The van der Waals surface area contributed by atoms with Gasteiger partial charge in [0.05, 0.1) is 25.3 Å². The first-order valence-corrected chi connectivity index (χ1v) is 10.1. The number of carbonyl (C=O) groups excluding carboxylic acids is 2. The van der Waals surface area contributed by atoms with E-state index in [1.54, 1.807) is 0 Å². The minimum absolute atomic E-state index is 0.0153. The third kappa shape index (κ3) is 3.57. The first-order chi connectivity index (χ1) is 11.9. The van der Waals surface area contributed by atoms with E-state index >= 15 is 0 Å². The average Bonchev–Trinajstić information content (AvgIpc) is 2.53. The van der Waals surface area contributed by atoms with Crippen LogP contribution in [0.25, 0.3) is 0 Å². The van der Waals surface area contributed by atoms with E-state index in [0.717, 1.165) is 17.8 Å². The number of hydrogen-bond acceptors (Lipinski definition) is 3. The summed E-state index contributed by atoms with van der Waals surface area (Å²) in [6.07, 6.45) is 8.59. The number of ether oxygens (including phenoxy) is 1. The summed E-state index contributed by atoms with van der Waals surface area (Å²) < 4.78 is 5.57. The van der Waals surface area contributed by atoms with Gasteiger partial charge in [0, 0.05) is 13.0 Å². The van der Waals surface area contributed by atoms with Crippen LogP contribution in [0.4, 0.5) is 0 Å². The maximum absolute atomic E-state index is 12.6. The topological polar surface area (TPSA) is 58.6 Å². The first-order valence-electron chi connectivity index (χ1n) is 10.1. The van der Waals surface area contributed by atoms with Crippen LogP contribution in [0.2, 0.25) is 0 Å². The number of amides is 2. The van der Waals surface area contributed by atoms with Gasteiger partial charge < -0.3 is 15.0 Å². The predicted octanol–water partition coefficient (Wildman–Crippen LogP) is 2.34. The summed E-state index contributed by atoms with van der Waals surface area (Å²) in [4.78, 5) is 26.9. The summed E-state index contributed by atoms with van der Waals surface area (Å²) in [7, 11) is 0. The number of hydrogen-bond donors (Lipinski definition) is 1. The Morgan fingerprint density at radius 3 is 2.28 bits per heavy atom. The van der Waals surface area contributed by atoms with E-state index in [4.69, 9.17) is 4.74 Å². The lowest BCUT2D eigenvalue weighted by Crippen LogP contribution is -2.53. The highest BCUT2D eigenvalue weighted by molar-refractivity contribution is 5.85. The first kappa shape index (κ1) is 17.3. The molecule has 5 rings (SSSR count). The number of carbonyl (C=O) groups is 2. The third-order valence-electron chi connectivity index (χ3n) is 7.07. The molecule has 140 valence electrons. The Balaban J connectivity index is 1.29. The minimum atomic E-state index is 0.0153. The monoisotopic (exact) mass is 348 g/mol. The molecule has 5 heteroatoms. The zero-order valence-corrected chi connectivity index (χ0v) is 15.6. The van der Waals surface area contributed by atoms with Gasteiger partial charge in [0.2, 0.25) is 11.8 Å². The molecule has 5 aliphatic rings. The maximum Gasteiger partial charge on any atom is 0.242 e. The van der Waals surface area contributed by atoms with E-state index in [9.17, 15) is 9.59 Å². The molecule has 2 amide bonds. The fourth-order valence-electron chi connectivity index (χ4n) is 6.44. The quantitative estimate of drug-likeness (QED) is 0.848. The molecule has 1 saturated heterocycles. The zero-order valence-electron chi connectivity index (χ0n) is 15.6. The highest BCUT2D eigenvalue weighted by atomic mass is 16.5. The van der Waals surface area contributed by atoms with Crippen molar-refractivity contribution in [3.63, 3.8) is 0 Å². The Morgan fingerprint density at radius 1 is 1.08 bits per heavy atom. The molecule has 1 N–H and O–H groups in total. The van der Waals surface area contributed by atoms with Gasteiger partial charge in [-0.3, -0.25) is 9.59 Å². The van der Waals surface area contributed by atoms with Gasteiger partial charge in [0.15, 0.2) is 0 Å². The third-order valence-corrected chi connectivity index (χ3v) is 7.07. The molecule has 2 atom stereocenters. The van der Waals surface area contributed by atoms with Crippen molar-refractivity contribution in [3.8, 4) is 0 Å². The summed E-state index contributed by atoms with van der Waals surface area (Å²) in [6.45, 7) is 5.31. The van der Waals surface area contributed by atoms with E-state index in [1.807, 2.05) is 18.7 Å². The van der Waals surface area contributed by atoms with E-state index in [0.29, 0.717) is 19.6 Å². The summed E-state index contributed by atoms with van der Waals surface area (Å²) in [5, 5.41) is 2.92. The summed E-state index contributed by atoms with van der Waals surface area (Å²) >= 11 is 0. The molecule has 5 fully saturated rings. The largest absolute Gasteiger partial charge is 0.375 e. The molecule has 1 aliphatic heterocycles. The van der Waals surface area contributed by atoms with E-state index < -0.39 is 0 Å². The Morgan fingerprint density at radius 2 is 1.68 bits per heavy atom. The zero-order chi connectivity index (χ0) is 17.6. The van der Waals surface area contributed by atoms with Crippen LogP contribution in [0, 0.1) is 23.2 Å². The molecule has 4 bridgehead atoms. The van der Waals surface area contributed by atoms with Crippen molar-refractivity contribution < 1.29 is 14.3 Å². The molecular weight excluding hydrogens is 316 g/mol. The molecule has 1 heterocycles.